The molecule has 3 aromatic rings. The Kier molecular flexibility index (Phi) is 6.60. The monoisotopic (exact) mass is 427 g/mol. The van der Waals surface area contributed by atoms with Crippen LogP contribution < -0.4 is 10.1 Å². The summed E-state index contributed by atoms with van der Waals surface area (Å²) in [7, 11) is 0. The van der Waals surface area contributed by atoms with Gasteiger partial charge in [0.05, 0.1) is 10.7 Å². The highest BCUT2D eigenvalue weighted by atomic mass is 35.5. The number of halogens is 2. The number of nitrogens with zero attached hydrogens (tertiary/aromatic N) is 2. The van der Waals surface area contributed by atoms with Crippen LogP contribution >= 0.6 is 22.9 Å². The third kappa shape index (κ3) is 5.41. The van der Waals surface area contributed by atoms with Crippen molar-refractivity contribution < 1.29 is 13.9 Å². The van der Waals surface area contributed by atoms with Crippen LogP contribution in [0.25, 0.3) is 6.08 Å². The minimum absolute atomic E-state index is 0.0284. The van der Waals surface area contributed by atoms with Crippen LogP contribution in [0.15, 0.2) is 53.4 Å². The van der Waals surface area contributed by atoms with E-state index in [0.717, 1.165) is 5.69 Å². The van der Waals surface area contributed by atoms with E-state index in [1.54, 1.807) is 41.8 Å². The van der Waals surface area contributed by atoms with E-state index in [-0.39, 0.29) is 23.0 Å². The molecule has 0 bridgehead atoms. The highest BCUT2D eigenvalue weighted by molar-refractivity contribution is 7.13. The second-order valence-electron chi connectivity index (χ2n) is 5.99. The second kappa shape index (κ2) is 9.32. The molecule has 1 amide bonds. The Labute approximate surface area is 176 Å². The number of aryl methyl sites for hydroxylation is 1. The highest BCUT2D eigenvalue weighted by Crippen LogP contribution is 2.27. The van der Waals surface area contributed by atoms with Gasteiger partial charge in [0.25, 0.3) is 5.91 Å². The highest BCUT2D eigenvalue weighted by Gasteiger charge is 2.12. The van der Waals surface area contributed by atoms with Gasteiger partial charge >= 0.3 is 0 Å². The van der Waals surface area contributed by atoms with Gasteiger partial charge in [-0.1, -0.05) is 35.9 Å². The first-order chi connectivity index (χ1) is 14.0. The number of ether oxygens (including phenoxy) is 1. The summed E-state index contributed by atoms with van der Waals surface area (Å²) in [6.45, 7) is 1.84. The van der Waals surface area contributed by atoms with Crippen molar-refractivity contribution in [2.75, 3.05) is 5.32 Å². The quantitative estimate of drug-likeness (QED) is 0.424. The first kappa shape index (κ1) is 20.5. The molecule has 8 heteroatoms. The Bertz CT molecular complexity index is 1120. The van der Waals surface area contributed by atoms with E-state index in [9.17, 15) is 14.4 Å². The Hall–Kier alpha value is -3.21. The summed E-state index contributed by atoms with van der Waals surface area (Å²) in [4.78, 5) is 16.4. The van der Waals surface area contributed by atoms with Crippen molar-refractivity contribution in [3.63, 3.8) is 0 Å². The van der Waals surface area contributed by atoms with E-state index in [2.05, 4.69) is 10.3 Å². The lowest BCUT2D eigenvalue weighted by Crippen LogP contribution is -2.13. The lowest BCUT2D eigenvalue weighted by atomic mass is 10.1. The predicted molar refractivity (Wildman–Crippen MR) is 111 cm³/mol. The van der Waals surface area contributed by atoms with Crippen LogP contribution in [0, 0.1) is 24.1 Å². The van der Waals surface area contributed by atoms with Crippen molar-refractivity contribution in [1.82, 2.24) is 4.98 Å². The van der Waals surface area contributed by atoms with Crippen LogP contribution in [0.5, 0.6) is 5.75 Å². The minimum atomic E-state index is -0.558. The number of benzene rings is 2. The van der Waals surface area contributed by atoms with Crippen LogP contribution in [0.4, 0.5) is 9.52 Å². The fraction of sp³-hybridized carbons (Fsp3) is 0.0952. The molecule has 0 atom stereocenters. The van der Waals surface area contributed by atoms with Crippen molar-refractivity contribution in [3.05, 3.63) is 81.1 Å². The Balaban J connectivity index is 1.71. The number of hydrogen-bond donors (Lipinski definition) is 1. The summed E-state index contributed by atoms with van der Waals surface area (Å²) in [5.74, 6) is -0.547. The zero-order valence-corrected chi connectivity index (χ0v) is 16.9. The SMILES string of the molecule is Cc1csc(NC(=O)/C(C#N)=C\c2ccc(OCc3ccccc3F)c(Cl)c2)n1. The number of thiazole rings is 1. The number of nitriles is 1. The average Bonchev–Trinajstić information content (AvgIpc) is 3.11. The van der Waals surface area contributed by atoms with Gasteiger partial charge < -0.3 is 4.74 Å². The molecular weight excluding hydrogens is 413 g/mol. The molecule has 0 fully saturated rings. The topological polar surface area (TPSA) is 75.0 Å². The molecule has 146 valence electrons. The molecule has 1 heterocycles. The number of carbonyl (C=O) groups excluding carboxylic acids is 1. The molecule has 0 spiro atoms. The Morgan fingerprint density at radius 1 is 1.38 bits per heavy atom. The van der Waals surface area contributed by atoms with Crippen molar-refractivity contribution in [1.29, 1.82) is 5.26 Å². The first-order valence-electron chi connectivity index (χ1n) is 8.47. The van der Waals surface area contributed by atoms with Crippen molar-refractivity contribution in [2.45, 2.75) is 13.5 Å². The van der Waals surface area contributed by atoms with Crippen LogP contribution in [0.3, 0.4) is 0 Å². The molecule has 2 aromatic carbocycles. The van der Waals surface area contributed by atoms with E-state index >= 15 is 0 Å². The summed E-state index contributed by atoms with van der Waals surface area (Å²) in [6, 6.07) is 13.0. The molecule has 0 saturated carbocycles. The largest absolute Gasteiger partial charge is 0.487 e. The number of nitrogens with one attached hydrogen (secondary N) is 1. The van der Waals surface area contributed by atoms with Gasteiger partial charge in [0, 0.05) is 10.9 Å². The predicted octanol–water partition coefficient (Wildman–Crippen LogP) is 5.37. The molecule has 0 aliphatic rings. The van der Waals surface area contributed by atoms with Gasteiger partial charge in [-0.3, -0.25) is 10.1 Å². The molecule has 0 unspecified atom stereocenters. The summed E-state index contributed by atoms with van der Waals surface area (Å²) in [5.41, 5.74) is 1.66. The molecule has 1 aromatic heterocycles. The van der Waals surface area contributed by atoms with Crippen LogP contribution in [-0.2, 0) is 11.4 Å². The van der Waals surface area contributed by atoms with Crippen LogP contribution in [0.1, 0.15) is 16.8 Å². The van der Waals surface area contributed by atoms with E-state index in [4.69, 9.17) is 16.3 Å². The number of amides is 1. The zero-order valence-electron chi connectivity index (χ0n) is 15.3. The fourth-order valence-electron chi connectivity index (χ4n) is 2.39. The van der Waals surface area contributed by atoms with Crippen LogP contribution in [-0.4, -0.2) is 10.9 Å². The standard InChI is InChI=1S/C21H15ClFN3O2S/c1-13-12-29-21(25-13)26-20(27)16(10-24)8-14-6-7-19(17(22)9-14)28-11-15-4-2-3-5-18(15)23/h2-9,12H,11H2,1H3,(H,25,26,27)/b16-8-. The zero-order chi connectivity index (χ0) is 20.8. The third-order valence-corrected chi connectivity index (χ3v) is 4.98. The van der Waals surface area contributed by atoms with Gasteiger partial charge in [-0.25, -0.2) is 9.37 Å². The summed E-state index contributed by atoms with van der Waals surface area (Å²) in [5, 5.41) is 14.4. The van der Waals surface area contributed by atoms with Gasteiger partial charge in [-0.05, 0) is 36.8 Å². The Morgan fingerprint density at radius 2 is 2.17 bits per heavy atom. The van der Waals surface area contributed by atoms with Crippen molar-refractivity contribution >= 4 is 40.1 Å². The van der Waals surface area contributed by atoms with Gasteiger partial charge in [0.1, 0.15) is 29.8 Å². The van der Waals surface area contributed by atoms with Gasteiger partial charge in [0.15, 0.2) is 5.13 Å². The fourth-order valence-corrected chi connectivity index (χ4v) is 3.31. The molecular formula is C21H15ClFN3O2S. The number of aromatic nitrogens is 1. The maximum atomic E-state index is 13.7. The number of carbonyl (C=O) groups is 1. The molecule has 0 saturated heterocycles. The molecule has 29 heavy (non-hydrogen) atoms. The maximum absolute atomic E-state index is 13.7. The Morgan fingerprint density at radius 3 is 2.83 bits per heavy atom. The van der Waals surface area contributed by atoms with E-state index in [1.807, 2.05) is 13.0 Å². The maximum Gasteiger partial charge on any atom is 0.268 e. The molecule has 0 aliphatic heterocycles. The normalized spacial score (nSPS) is 11.0. The van der Waals surface area contributed by atoms with E-state index in [1.165, 1.54) is 23.5 Å². The first-order valence-corrected chi connectivity index (χ1v) is 9.73. The number of rotatable bonds is 6. The molecule has 1 N–H and O–H groups in total. The second-order valence-corrected chi connectivity index (χ2v) is 7.25. The summed E-state index contributed by atoms with van der Waals surface area (Å²) >= 11 is 7.51. The van der Waals surface area contributed by atoms with E-state index < -0.39 is 5.91 Å². The van der Waals surface area contributed by atoms with Gasteiger partial charge in [-0.2, -0.15) is 5.26 Å². The molecule has 0 radical (unpaired) electrons. The number of anilines is 1. The van der Waals surface area contributed by atoms with Gasteiger partial charge in [-0.15, -0.1) is 11.3 Å². The molecule has 5 nitrogen and oxygen atoms in total. The smallest absolute Gasteiger partial charge is 0.268 e. The van der Waals surface area contributed by atoms with E-state index in [0.29, 0.717) is 22.0 Å². The molecule has 0 aliphatic carbocycles. The van der Waals surface area contributed by atoms with Crippen molar-refractivity contribution in [3.8, 4) is 11.8 Å². The van der Waals surface area contributed by atoms with Crippen molar-refractivity contribution in [2.24, 2.45) is 0 Å². The summed E-state index contributed by atoms with van der Waals surface area (Å²) in [6.07, 6.45) is 1.42. The third-order valence-electron chi connectivity index (χ3n) is 3.81. The number of hydrogen-bond acceptors (Lipinski definition) is 5. The lowest BCUT2D eigenvalue weighted by Gasteiger charge is -2.09. The van der Waals surface area contributed by atoms with Gasteiger partial charge in [0.2, 0.25) is 0 Å². The molecule has 3 rings (SSSR count). The van der Waals surface area contributed by atoms with Crippen LogP contribution in [0.2, 0.25) is 5.02 Å². The lowest BCUT2D eigenvalue weighted by molar-refractivity contribution is -0.112. The average molecular weight is 428 g/mol. The minimum Gasteiger partial charge on any atom is -0.487 e. The summed E-state index contributed by atoms with van der Waals surface area (Å²) < 4.78 is 19.3.